The summed E-state index contributed by atoms with van der Waals surface area (Å²) < 4.78 is 0. The van der Waals surface area contributed by atoms with Gasteiger partial charge in [-0.2, -0.15) is 0 Å². The summed E-state index contributed by atoms with van der Waals surface area (Å²) in [6.07, 6.45) is 2.19. The lowest BCUT2D eigenvalue weighted by Crippen LogP contribution is -2.49. The normalized spacial score (nSPS) is 24.5. The van der Waals surface area contributed by atoms with Gasteiger partial charge in [0.2, 0.25) is 11.8 Å². The number of primary amides is 1. The van der Waals surface area contributed by atoms with Crippen molar-refractivity contribution in [3.05, 3.63) is 35.4 Å². The quantitative estimate of drug-likeness (QED) is 0.906. The van der Waals surface area contributed by atoms with Crippen LogP contribution in [0.15, 0.2) is 24.3 Å². The Labute approximate surface area is 137 Å². The van der Waals surface area contributed by atoms with E-state index < -0.39 is 0 Å². The third kappa shape index (κ3) is 3.55. The Morgan fingerprint density at radius 1 is 1.26 bits per heavy atom. The summed E-state index contributed by atoms with van der Waals surface area (Å²) in [5, 5.41) is 0. The standard InChI is InChI=1S/C18H25N3O2/c1-13-6-8-21(11-13)17(22)7-9-20-12-15-5-3-2-4-14(15)10-16(20)18(19)23/h2-5,13,16H,6-12H2,1H3,(H2,19,23)/t13-,16-/m0/s1. The van der Waals surface area contributed by atoms with E-state index in [-0.39, 0.29) is 17.9 Å². The predicted molar refractivity (Wildman–Crippen MR) is 88.5 cm³/mol. The van der Waals surface area contributed by atoms with Crippen molar-refractivity contribution in [2.24, 2.45) is 11.7 Å². The molecule has 0 aliphatic carbocycles. The van der Waals surface area contributed by atoms with Crippen molar-refractivity contribution in [2.45, 2.75) is 38.8 Å². The zero-order valence-electron chi connectivity index (χ0n) is 13.7. The highest BCUT2D eigenvalue weighted by Gasteiger charge is 2.31. The molecule has 1 fully saturated rings. The molecular formula is C18H25N3O2. The predicted octanol–water partition coefficient (Wildman–Crippen LogP) is 1.16. The molecule has 1 saturated heterocycles. The number of amides is 2. The average molecular weight is 315 g/mol. The van der Waals surface area contributed by atoms with E-state index in [4.69, 9.17) is 5.73 Å². The first kappa shape index (κ1) is 16.0. The molecule has 0 spiro atoms. The van der Waals surface area contributed by atoms with Crippen LogP contribution < -0.4 is 5.73 Å². The monoisotopic (exact) mass is 315 g/mol. The van der Waals surface area contributed by atoms with Crippen molar-refractivity contribution in [2.75, 3.05) is 19.6 Å². The van der Waals surface area contributed by atoms with Gasteiger partial charge in [-0.25, -0.2) is 0 Å². The van der Waals surface area contributed by atoms with Gasteiger partial charge in [0.25, 0.3) is 0 Å². The van der Waals surface area contributed by atoms with E-state index >= 15 is 0 Å². The maximum atomic E-state index is 12.3. The van der Waals surface area contributed by atoms with Gasteiger partial charge in [0.05, 0.1) is 6.04 Å². The minimum atomic E-state index is -0.310. The van der Waals surface area contributed by atoms with Gasteiger partial charge in [0.15, 0.2) is 0 Å². The van der Waals surface area contributed by atoms with Crippen molar-refractivity contribution in [1.29, 1.82) is 0 Å². The second kappa shape index (κ2) is 6.71. The van der Waals surface area contributed by atoms with Crippen molar-refractivity contribution in [3.63, 3.8) is 0 Å². The van der Waals surface area contributed by atoms with Crippen LogP contribution >= 0.6 is 0 Å². The van der Waals surface area contributed by atoms with Gasteiger partial charge in [-0.3, -0.25) is 14.5 Å². The van der Waals surface area contributed by atoms with Crippen molar-refractivity contribution < 1.29 is 9.59 Å². The van der Waals surface area contributed by atoms with Crippen molar-refractivity contribution >= 4 is 11.8 Å². The summed E-state index contributed by atoms with van der Waals surface area (Å²) in [7, 11) is 0. The molecule has 2 atom stereocenters. The van der Waals surface area contributed by atoms with E-state index in [9.17, 15) is 9.59 Å². The number of nitrogens with zero attached hydrogens (tertiary/aromatic N) is 2. The minimum absolute atomic E-state index is 0.191. The molecule has 1 aromatic rings. The molecule has 23 heavy (non-hydrogen) atoms. The zero-order valence-corrected chi connectivity index (χ0v) is 13.7. The third-order valence-electron chi connectivity index (χ3n) is 5.06. The number of hydrogen-bond donors (Lipinski definition) is 1. The van der Waals surface area contributed by atoms with Gasteiger partial charge in [-0.1, -0.05) is 31.2 Å². The van der Waals surface area contributed by atoms with Crippen LogP contribution in [0.25, 0.3) is 0 Å². The Morgan fingerprint density at radius 3 is 2.65 bits per heavy atom. The Kier molecular flexibility index (Phi) is 4.66. The molecule has 2 heterocycles. The molecule has 5 nitrogen and oxygen atoms in total. The summed E-state index contributed by atoms with van der Waals surface area (Å²) >= 11 is 0. The van der Waals surface area contributed by atoms with E-state index in [1.54, 1.807) is 0 Å². The van der Waals surface area contributed by atoms with Crippen LogP contribution in [0.5, 0.6) is 0 Å². The summed E-state index contributed by atoms with van der Waals surface area (Å²) in [4.78, 5) is 28.1. The summed E-state index contributed by atoms with van der Waals surface area (Å²) in [6, 6.07) is 7.83. The number of carbonyl (C=O) groups is 2. The molecule has 0 unspecified atom stereocenters. The smallest absolute Gasteiger partial charge is 0.235 e. The average Bonchev–Trinajstić information content (AvgIpc) is 2.98. The maximum Gasteiger partial charge on any atom is 0.235 e. The lowest BCUT2D eigenvalue weighted by molar-refractivity contribution is -0.132. The molecular weight excluding hydrogens is 290 g/mol. The molecule has 0 bridgehead atoms. The molecule has 2 aliphatic heterocycles. The van der Waals surface area contributed by atoms with E-state index in [0.717, 1.165) is 19.5 Å². The van der Waals surface area contributed by atoms with Gasteiger partial charge >= 0.3 is 0 Å². The summed E-state index contributed by atoms with van der Waals surface area (Å²) in [5.74, 6) is 0.484. The second-order valence-electron chi connectivity index (χ2n) is 6.85. The van der Waals surface area contributed by atoms with Crippen LogP contribution in [0.2, 0.25) is 0 Å². The highest BCUT2D eigenvalue weighted by Crippen LogP contribution is 2.24. The first-order valence-corrected chi connectivity index (χ1v) is 8.42. The molecule has 0 saturated carbocycles. The van der Waals surface area contributed by atoms with Crippen LogP contribution in [0.4, 0.5) is 0 Å². The maximum absolute atomic E-state index is 12.3. The molecule has 1 aromatic carbocycles. The molecule has 5 heteroatoms. The van der Waals surface area contributed by atoms with E-state index in [1.165, 1.54) is 11.1 Å². The van der Waals surface area contributed by atoms with Gasteiger partial charge in [0.1, 0.15) is 0 Å². The number of benzene rings is 1. The van der Waals surface area contributed by atoms with Crippen molar-refractivity contribution in [1.82, 2.24) is 9.80 Å². The molecule has 2 amide bonds. The lowest BCUT2D eigenvalue weighted by Gasteiger charge is -2.35. The van der Waals surface area contributed by atoms with Crippen LogP contribution in [-0.4, -0.2) is 47.3 Å². The third-order valence-corrected chi connectivity index (χ3v) is 5.06. The Morgan fingerprint density at radius 2 is 2.00 bits per heavy atom. The zero-order chi connectivity index (χ0) is 16.4. The minimum Gasteiger partial charge on any atom is -0.368 e. The second-order valence-corrected chi connectivity index (χ2v) is 6.85. The van der Waals surface area contributed by atoms with Gasteiger partial charge in [0, 0.05) is 32.6 Å². The number of carbonyl (C=O) groups excluding carboxylic acids is 2. The highest BCUT2D eigenvalue weighted by atomic mass is 16.2. The fraction of sp³-hybridized carbons (Fsp3) is 0.556. The van der Waals surface area contributed by atoms with Crippen LogP contribution in [0.1, 0.15) is 30.9 Å². The first-order valence-electron chi connectivity index (χ1n) is 8.42. The summed E-state index contributed by atoms with van der Waals surface area (Å²) in [5.41, 5.74) is 8.00. The molecule has 3 rings (SSSR count). The number of likely N-dealkylation sites (tertiary alicyclic amines) is 1. The number of rotatable bonds is 4. The van der Waals surface area contributed by atoms with Gasteiger partial charge in [-0.05, 0) is 29.9 Å². The van der Waals surface area contributed by atoms with Crippen molar-refractivity contribution in [3.8, 4) is 0 Å². The number of fused-ring (bicyclic) bond motifs is 1. The van der Waals surface area contributed by atoms with Gasteiger partial charge < -0.3 is 10.6 Å². The highest BCUT2D eigenvalue weighted by molar-refractivity contribution is 5.81. The van der Waals surface area contributed by atoms with Crippen LogP contribution in [0.3, 0.4) is 0 Å². The van der Waals surface area contributed by atoms with E-state index in [0.29, 0.717) is 31.8 Å². The SMILES string of the molecule is C[C@H]1CCN(C(=O)CCN2Cc3ccccc3C[C@H]2C(N)=O)C1. The molecule has 0 aromatic heterocycles. The molecule has 2 N–H and O–H groups in total. The lowest BCUT2D eigenvalue weighted by atomic mass is 9.93. The van der Waals surface area contributed by atoms with Crippen LogP contribution in [0, 0.1) is 5.92 Å². The van der Waals surface area contributed by atoms with E-state index in [2.05, 4.69) is 24.0 Å². The first-order chi connectivity index (χ1) is 11.0. The Balaban J connectivity index is 1.64. The largest absolute Gasteiger partial charge is 0.368 e. The summed E-state index contributed by atoms with van der Waals surface area (Å²) in [6.45, 7) is 5.18. The molecule has 124 valence electrons. The molecule has 0 radical (unpaired) electrons. The number of hydrogen-bond acceptors (Lipinski definition) is 3. The fourth-order valence-electron chi connectivity index (χ4n) is 3.65. The topological polar surface area (TPSA) is 66.6 Å². The van der Waals surface area contributed by atoms with Crippen LogP contribution in [-0.2, 0) is 22.6 Å². The number of nitrogens with two attached hydrogens (primary N) is 1. The Bertz CT molecular complexity index is 602. The Hall–Kier alpha value is -1.88. The van der Waals surface area contributed by atoms with E-state index in [1.807, 2.05) is 17.0 Å². The van der Waals surface area contributed by atoms with Gasteiger partial charge in [-0.15, -0.1) is 0 Å². The fourth-order valence-corrected chi connectivity index (χ4v) is 3.65. The molecule has 2 aliphatic rings.